The van der Waals surface area contributed by atoms with Gasteiger partial charge in [0.1, 0.15) is 0 Å². The van der Waals surface area contributed by atoms with Crippen molar-refractivity contribution in [3.8, 4) is 0 Å². The first-order chi connectivity index (χ1) is 4.46. The second-order valence-electron chi connectivity index (χ2n) is 3.94. The molecule has 1 radical (unpaired) electrons. The summed E-state index contributed by atoms with van der Waals surface area (Å²) < 4.78 is 0. The van der Waals surface area contributed by atoms with Crippen LogP contribution >= 0.6 is 0 Å². The predicted octanol–water partition coefficient (Wildman–Crippen LogP) is 2.23. The first-order valence-electron chi connectivity index (χ1n) is 4.13. The van der Waals surface area contributed by atoms with Crippen LogP contribution in [-0.2, 0) is 19.5 Å². The summed E-state index contributed by atoms with van der Waals surface area (Å²) in [5.41, 5.74) is 0. The maximum atomic E-state index is 2.31. The predicted molar refractivity (Wildman–Crippen MR) is 47.2 cm³/mol. The van der Waals surface area contributed by atoms with Crippen LogP contribution in [0.2, 0.25) is 0 Å². The van der Waals surface area contributed by atoms with Crippen LogP contribution in [0.25, 0.3) is 0 Å². The average molecular weight is 244 g/mol. The van der Waals surface area contributed by atoms with Gasteiger partial charge in [0.25, 0.3) is 0 Å². The van der Waals surface area contributed by atoms with E-state index in [1.807, 2.05) is 0 Å². The summed E-state index contributed by atoms with van der Waals surface area (Å²) in [6, 6.07) is 0.722. The van der Waals surface area contributed by atoms with E-state index in [9.17, 15) is 0 Å². The molecule has 1 nitrogen and oxygen atoms in total. The van der Waals surface area contributed by atoms with E-state index in [2.05, 4.69) is 46.7 Å². The number of rotatable bonds is 3. The van der Waals surface area contributed by atoms with Gasteiger partial charge in [-0.15, -0.1) is 0 Å². The van der Waals surface area contributed by atoms with Crippen molar-refractivity contribution in [1.82, 2.24) is 4.90 Å². The van der Waals surface area contributed by atoms with Gasteiger partial charge in [-0.2, -0.15) is 0 Å². The Morgan fingerprint density at radius 1 is 0.818 bits per heavy atom. The zero-order chi connectivity index (χ0) is 8.31. The average Bonchev–Trinajstić information content (AvgIpc) is 1.59. The Kier molecular flexibility index (Phi) is 7.88. The van der Waals surface area contributed by atoms with Gasteiger partial charge in [-0.25, -0.2) is 0 Å². The zero-order valence-corrected chi connectivity index (χ0v) is 10.3. The van der Waals surface area contributed by atoms with Gasteiger partial charge in [0.2, 0.25) is 0 Å². The fraction of sp³-hybridized carbons (Fsp3) is 1.00. The molecule has 2 heteroatoms. The number of hydrogen-bond donors (Lipinski definition) is 0. The summed E-state index contributed by atoms with van der Waals surface area (Å²) >= 11 is 0. The molecule has 11 heavy (non-hydrogen) atoms. The summed E-state index contributed by atoms with van der Waals surface area (Å²) in [5, 5.41) is 0. The van der Waals surface area contributed by atoms with E-state index >= 15 is 0 Å². The van der Waals surface area contributed by atoms with Crippen LogP contribution in [0.15, 0.2) is 0 Å². The molecule has 0 heterocycles. The van der Waals surface area contributed by atoms with Crippen LogP contribution in [0.1, 0.15) is 27.7 Å². The van der Waals surface area contributed by atoms with Crippen LogP contribution in [0, 0.1) is 11.8 Å². The topological polar surface area (TPSA) is 3.24 Å². The SMILES string of the molecule is CC(C)C(C(C)C)N(C)C.[Ru+]. The Morgan fingerprint density at radius 2 is 1.09 bits per heavy atom. The van der Waals surface area contributed by atoms with E-state index in [0.29, 0.717) is 0 Å². The molecule has 0 unspecified atom stereocenters. The Bertz CT molecular complexity index is 70.5. The molecule has 69 valence electrons. The van der Waals surface area contributed by atoms with E-state index in [0.717, 1.165) is 17.9 Å². The van der Waals surface area contributed by atoms with Gasteiger partial charge < -0.3 is 4.90 Å². The smallest absolute Gasteiger partial charge is 0.306 e. The largest absolute Gasteiger partial charge is 1.00 e. The molecule has 0 aromatic rings. The van der Waals surface area contributed by atoms with Crippen molar-refractivity contribution >= 4 is 0 Å². The molecule has 0 aliphatic heterocycles. The minimum absolute atomic E-state index is 0. The van der Waals surface area contributed by atoms with Gasteiger partial charge in [0.05, 0.1) is 0 Å². The molecule has 0 N–H and O–H groups in total. The van der Waals surface area contributed by atoms with Crippen molar-refractivity contribution in [2.75, 3.05) is 14.1 Å². The van der Waals surface area contributed by atoms with Crippen molar-refractivity contribution in [2.24, 2.45) is 11.8 Å². The molecule has 0 atom stereocenters. The number of nitrogens with zero attached hydrogens (tertiary/aromatic N) is 1. The molecule has 0 rings (SSSR count). The van der Waals surface area contributed by atoms with Gasteiger partial charge in [-0.1, -0.05) is 27.7 Å². The molecule has 0 fully saturated rings. The Hall–Kier alpha value is 0.583. The van der Waals surface area contributed by atoms with Crippen molar-refractivity contribution in [1.29, 1.82) is 0 Å². The van der Waals surface area contributed by atoms with Gasteiger partial charge in [0.15, 0.2) is 0 Å². The molecule has 0 spiro atoms. The Labute approximate surface area is 84.3 Å². The summed E-state index contributed by atoms with van der Waals surface area (Å²) in [5.74, 6) is 1.52. The van der Waals surface area contributed by atoms with E-state index in [-0.39, 0.29) is 19.5 Å². The first kappa shape index (κ1) is 14.1. The maximum absolute atomic E-state index is 2.31. The van der Waals surface area contributed by atoms with Crippen LogP contribution in [-0.4, -0.2) is 25.0 Å². The second-order valence-corrected chi connectivity index (χ2v) is 3.94. The molecule has 0 bridgehead atoms. The third-order valence-corrected chi connectivity index (χ3v) is 1.96. The zero-order valence-electron chi connectivity index (χ0n) is 8.53. The van der Waals surface area contributed by atoms with E-state index in [1.54, 1.807) is 0 Å². The quantitative estimate of drug-likeness (QED) is 0.688. The minimum atomic E-state index is 0. The summed E-state index contributed by atoms with van der Waals surface area (Å²) in [4.78, 5) is 2.31. The molecule has 0 aromatic carbocycles. The Morgan fingerprint density at radius 3 is 1.09 bits per heavy atom. The van der Waals surface area contributed by atoms with Gasteiger partial charge in [-0.05, 0) is 25.9 Å². The molecular formula is C9H21NRu+. The molecule has 0 aliphatic carbocycles. The molecule has 0 aliphatic rings. The fourth-order valence-corrected chi connectivity index (χ4v) is 1.96. The van der Waals surface area contributed by atoms with Crippen molar-refractivity contribution < 1.29 is 19.5 Å². The summed E-state index contributed by atoms with van der Waals surface area (Å²) in [6.07, 6.45) is 0. The van der Waals surface area contributed by atoms with Crippen LogP contribution in [0.5, 0.6) is 0 Å². The van der Waals surface area contributed by atoms with Crippen molar-refractivity contribution in [2.45, 2.75) is 33.7 Å². The summed E-state index contributed by atoms with van der Waals surface area (Å²) in [7, 11) is 4.31. The fourth-order valence-electron chi connectivity index (χ4n) is 1.96. The first-order valence-corrected chi connectivity index (χ1v) is 4.13. The van der Waals surface area contributed by atoms with Crippen LogP contribution < -0.4 is 0 Å². The normalized spacial score (nSPS) is 11.5. The minimum Gasteiger partial charge on any atom is -0.306 e. The monoisotopic (exact) mass is 245 g/mol. The third-order valence-electron chi connectivity index (χ3n) is 1.96. The van der Waals surface area contributed by atoms with Crippen LogP contribution in [0.4, 0.5) is 0 Å². The third kappa shape index (κ3) is 4.92. The number of hydrogen-bond acceptors (Lipinski definition) is 1. The standard InChI is InChI=1S/C9H21N.Ru/c1-7(2)9(8(3)4)10(5)6;/h7-9H,1-6H3;/q;+1. The van der Waals surface area contributed by atoms with Crippen LogP contribution in [0.3, 0.4) is 0 Å². The molecule has 0 amide bonds. The maximum Gasteiger partial charge on any atom is 1.00 e. The molecular weight excluding hydrogens is 223 g/mol. The molecule has 0 saturated heterocycles. The van der Waals surface area contributed by atoms with Gasteiger partial charge in [-0.3, -0.25) is 0 Å². The second kappa shape index (κ2) is 6.14. The van der Waals surface area contributed by atoms with Crippen molar-refractivity contribution in [3.63, 3.8) is 0 Å². The van der Waals surface area contributed by atoms with Gasteiger partial charge in [0, 0.05) is 6.04 Å². The Balaban J connectivity index is 0. The van der Waals surface area contributed by atoms with E-state index in [4.69, 9.17) is 0 Å². The molecule has 0 saturated carbocycles. The summed E-state index contributed by atoms with van der Waals surface area (Å²) in [6.45, 7) is 9.13. The molecule has 0 aromatic heterocycles. The van der Waals surface area contributed by atoms with E-state index in [1.165, 1.54) is 0 Å². The van der Waals surface area contributed by atoms with Crippen molar-refractivity contribution in [3.05, 3.63) is 0 Å². The van der Waals surface area contributed by atoms with E-state index < -0.39 is 0 Å². The van der Waals surface area contributed by atoms with Gasteiger partial charge >= 0.3 is 19.5 Å².